The molecule has 0 spiro atoms. The highest BCUT2D eigenvalue weighted by molar-refractivity contribution is 5.80. The van der Waals surface area contributed by atoms with Crippen LogP contribution in [0.2, 0.25) is 0 Å². The lowest BCUT2D eigenvalue weighted by atomic mass is 10.0. The monoisotopic (exact) mass is 183 g/mol. The Labute approximate surface area is 79.0 Å². The largest absolute Gasteiger partial charge is 0.377 e. The van der Waals surface area contributed by atoms with Gasteiger partial charge in [-0.2, -0.15) is 0 Å². The van der Waals surface area contributed by atoms with Gasteiger partial charge in [0.25, 0.3) is 0 Å². The molecule has 2 aliphatic heterocycles. The van der Waals surface area contributed by atoms with Crippen molar-refractivity contribution in [2.24, 2.45) is 0 Å². The van der Waals surface area contributed by atoms with E-state index in [1.807, 2.05) is 6.92 Å². The van der Waals surface area contributed by atoms with E-state index in [0.29, 0.717) is 17.9 Å². The summed E-state index contributed by atoms with van der Waals surface area (Å²) >= 11 is 0. The Morgan fingerprint density at radius 3 is 3.23 bits per heavy atom. The second-order valence-electron chi connectivity index (χ2n) is 3.95. The number of ketones is 1. The van der Waals surface area contributed by atoms with Crippen molar-refractivity contribution in [3.63, 3.8) is 0 Å². The van der Waals surface area contributed by atoms with Crippen LogP contribution in [-0.2, 0) is 9.53 Å². The summed E-state index contributed by atoms with van der Waals surface area (Å²) in [6.07, 6.45) is 2.93. The fraction of sp³-hybridized carbons (Fsp3) is 0.900. The minimum Gasteiger partial charge on any atom is -0.377 e. The molecule has 2 heterocycles. The maximum absolute atomic E-state index is 11.2. The first-order chi connectivity index (χ1) is 6.29. The fourth-order valence-electron chi connectivity index (χ4n) is 2.41. The van der Waals surface area contributed by atoms with Crippen LogP contribution in [0.5, 0.6) is 0 Å². The predicted octanol–water partition coefficient (Wildman–Crippen LogP) is 0.829. The summed E-state index contributed by atoms with van der Waals surface area (Å²) in [4.78, 5) is 13.6. The van der Waals surface area contributed by atoms with E-state index in [-0.39, 0.29) is 0 Å². The highest BCUT2D eigenvalue weighted by atomic mass is 16.5. The van der Waals surface area contributed by atoms with Crippen molar-refractivity contribution >= 4 is 5.78 Å². The first kappa shape index (κ1) is 9.16. The van der Waals surface area contributed by atoms with Gasteiger partial charge in [-0.3, -0.25) is 9.69 Å². The topological polar surface area (TPSA) is 29.5 Å². The number of hydrogen-bond donors (Lipinski definition) is 0. The standard InChI is InChI=1S/C10H17NO2/c1-2-13-10-6-8-5-9(12)3-4-11(8)7-10/h8,10H,2-7H2,1H3. The molecule has 13 heavy (non-hydrogen) atoms. The van der Waals surface area contributed by atoms with E-state index in [1.54, 1.807) is 0 Å². The smallest absolute Gasteiger partial charge is 0.135 e. The highest BCUT2D eigenvalue weighted by Crippen LogP contribution is 2.26. The first-order valence-corrected chi connectivity index (χ1v) is 5.17. The fourth-order valence-corrected chi connectivity index (χ4v) is 2.41. The number of carbonyl (C=O) groups excluding carboxylic acids is 1. The summed E-state index contributed by atoms with van der Waals surface area (Å²) in [6, 6.07) is 0.484. The van der Waals surface area contributed by atoms with Crippen LogP contribution in [0.15, 0.2) is 0 Å². The summed E-state index contributed by atoms with van der Waals surface area (Å²) < 4.78 is 5.58. The van der Waals surface area contributed by atoms with Gasteiger partial charge in [0.2, 0.25) is 0 Å². The Balaban J connectivity index is 1.90. The maximum Gasteiger partial charge on any atom is 0.135 e. The third kappa shape index (κ3) is 1.92. The molecule has 2 fully saturated rings. The number of ether oxygens (including phenoxy) is 1. The zero-order valence-electron chi connectivity index (χ0n) is 8.16. The molecular weight excluding hydrogens is 166 g/mol. The van der Waals surface area contributed by atoms with Crippen molar-refractivity contribution in [2.45, 2.75) is 38.3 Å². The third-order valence-corrected chi connectivity index (χ3v) is 3.03. The second kappa shape index (κ2) is 3.76. The number of hydrogen-bond acceptors (Lipinski definition) is 3. The van der Waals surface area contributed by atoms with Crippen molar-refractivity contribution in [1.29, 1.82) is 0 Å². The molecule has 0 aliphatic carbocycles. The zero-order chi connectivity index (χ0) is 9.26. The zero-order valence-corrected chi connectivity index (χ0v) is 8.16. The summed E-state index contributed by atoms with van der Waals surface area (Å²) in [5.41, 5.74) is 0. The molecule has 0 aromatic heterocycles. The molecule has 3 heteroatoms. The SMILES string of the molecule is CCOC1CC2CC(=O)CCN2C1. The lowest BCUT2D eigenvalue weighted by molar-refractivity contribution is -0.122. The van der Waals surface area contributed by atoms with Crippen LogP contribution < -0.4 is 0 Å². The van der Waals surface area contributed by atoms with Crippen LogP contribution in [-0.4, -0.2) is 42.5 Å². The molecular formula is C10H17NO2. The van der Waals surface area contributed by atoms with Crippen molar-refractivity contribution in [2.75, 3.05) is 19.7 Å². The van der Waals surface area contributed by atoms with Crippen molar-refractivity contribution in [1.82, 2.24) is 4.90 Å². The molecule has 2 aliphatic rings. The Hall–Kier alpha value is -0.410. The van der Waals surface area contributed by atoms with E-state index < -0.39 is 0 Å². The van der Waals surface area contributed by atoms with Crippen LogP contribution in [0.25, 0.3) is 0 Å². The molecule has 0 bridgehead atoms. The van der Waals surface area contributed by atoms with E-state index in [0.717, 1.165) is 39.0 Å². The van der Waals surface area contributed by atoms with Gasteiger partial charge in [0, 0.05) is 38.6 Å². The number of rotatable bonds is 2. The molecule has 0 aromatic rings. The molecule has 0 saturated carbocycles. The average molecular weight is 183 g/mol. The van der Waals surface area contributed by atoms with Gasteiger partial charge in [-0.05, 0) is 13.3 Å². The van der Waals surface area contributed by atoms with Crippen molar-refractivity contribution in [3.8, 4) is 0 Å². The van der Waals surface area contributed by atoms with Crippen LogP contribution in [0.1, 0.15) is 26.2 Å². The van der Waals surface area contributed by atoms with Gasteiger partial charge in [0.15, 0.2) is 0 Å². The van der Waals surface area contributed by atoms with Crippen molar-refractivity contribution < 1.29 is 9.53 Å². The number of fused-ring (bicyclic) bond motifs is 1. The van der Waals surface area contributed by atoms with Gasteiger partial charge in [-0.1, -0.05) is 0 Å². The quantitative estimate of drug-likeness (QED) is 0.635. The number of nitrogens with zero attached hydrogens (tertiary/aromatic N) is 1. The lowest BCUT2D eigenvalue weighted by Gasteiger charge is -2.27. The molecule has 0 radical (unpaired) electrons. The molecule has 0 amide bonds. The molecule has 0 N–H and O–H groups in total. The normalized spacial score (nSPS) is 35.0. The average Bonchev–Trinajstić information content (AvgIpc) is 2.46. The molecule has 2 atom stereocenters. The van der Waals surface area contributed by atoms with Gasteiger partial charge in [0.1, 0.15) is 5.78 Å². The molecule has 74 valence electrons. The number of piperidine rings is 1. The minimum absolute atomic E-state index is 0.376. The summed E-state index contributed by atoms with van der Waals surface area (Å²) in [7, 11) is 0. The van der Waals surface area contributed by atoms with Crippen LogP contribution >= 0.6 is 0 Å². The van der Waals surface area contributed by atoms with Gasteiger partial charge >= 0.3 is 0 Å². The number of carbonyl (C=O) groups is 1. The van der Waals surface area contributed by atoms with Gasteiger partial charge in [-0.15, -0.1) is 0 Å². The van der Waals surface area contributed by atoms with E-state index in [4.69, 9.17) is 4.74 Å². The van der Waals surface area contributed by atoms with Crippen LogP contribution in [0.3, 0.4) is 0 Å². The van der Waals surface area contributed by atoms with E-state index >= 15 is 0 Å². The third-order valence-electron chi connectivity index (χ3n) is 3.03. The molecule has 2 unspecified atom stereocenters. The Kier molecular flexibility index (Phi) is 2.65. The summed E-state index contributed by atoms with van der Waals surface area (Å²) in [5, 5.41) is 0. The predicted molar refractivity (Wildman–Crippen MR) is 49.6 cm³/mol. The van der Waals surface area contributed by atoms with Gasteiger partial charge in [-0.25, -0.2) is 0 Å². The summed E-state index contributed by atoms with van der Waals surface area (Å²) in [5.74, 6) is 0.429. The molecule has 3 nitrogen and oxygen atoms in total. The minimum atomic E-state index is 0.376. The maximum atomic E-state index is 11.2. The molecule has 2 rings (SSSR count). The van der Waals surface area contributed by atoms with E-state index in [1.165, 1.54) is 0 Å². The first-order valence-electron chi connectivity index (χ1n) is 5.17. The van der Waals surface area contributed by atoms with Crippen LogP contribution in [0.4, 0.5) is 0 Å². The van der Waals surface area contributed by atoms with Crippen LogP contribution in [0, 0.1) is 0 Å². The number of Topliss-reactive ketones (excluding diaryl/α,β-unsaturated/α-hetero) is 1. The Bertz CT molecular complexity index is 205. The molecule has 0 aromatic carbocycles. The molecule has 2 saturated heterocycles. The van der Waals surface area contributed by atoms with Crippen molar-refractivity contribution in [3.05, 3.63) is 0 Å². The Morgan fingerprint density at radius 2 is 2.46 bits per heavy atom. The van der Waals surface area contributed by atoms with Gasteiger partial charge in [0.05, 0.1) is 6.10 Å². The van der Waals surface area contributed by atoms with E-state index in [2.05, 4.69) is 4.90 Å². The van der Waals surface area contributed by atoms with Gasteiger partial charge < -0.3 is 4.74 Å². The summed E-state index contributed by atoms with van der Waals surface area (Å²) in [6.45, 7) is 4.81. The second-order valence-corrected chi connectivity index (χ2v) is 3.95. The van der Waals surface area contributed by atoms with E-state index in [9.17, 15) is 4.79 Å². The lowest BCUT2D eigenvalue weighted by Crippen LogP contribution is -2.38. The Morgan fingerprint density at radius 1 is 1.62 bits per heavy atom. The highest BCUT2D eigenvalue weighted by Gasteiger charge is 2.36.